The Morgan fingerprint density at radius 1 is 0.850 bits per heavy atom. The maximum absolute atomic E-state index is 6.06. The van der Waals surface area contributed by atoms with Crippen molar-refractivity contribution in [2.45, 2.75) is 40.0 Å². The van der Waals surface area contributed by atoms with Crippen molar-refractivity contribution in [1.29, 1.82) is 0 Å². The number of hydrogen-bond donors (Lipinski definition) is 1. The SMILES string of the molecule is Cc1ccc(CC(CN)c2c(C)cc(C)cc2C)cc1. The van der Waals surface area contributed by atoms with Crippen molar-refractivity contribution < 1.29 is 0 Å². The van der Waals surface area contributed by atoms with E-state index in [1.54, 1.807) is 0 Å². The standard InChI is InChI=1S/C19H25N/c1-13-5-7-17(8-6-13)11-18(12-20)19-15(3)9-14(2)10-16(19)4/h5-10,18H,11-12,20H2,1-4H3. The fraction of sp³-hybridized carbons (Fsp3) is 0.368. The second-order valence-corrected chi connectivity index (χ2v) is 5.93. The first kappa shape index (κ1) is 14.8. The highest BCUT2D eigenvalue weighted by Gasteiger charge is 2.15. The van der Waals surface area contributed by atoms with Gasteiger partial charge in [0.15, 0.2) is 0 Å². The number of nitrogens with two attached hydrogens (primary N) is 1. The van der Waals surface area contributed by atoms with Gasteiger partial charge in [-0.05, 0) is 62.9 Å². The third-order valence-corrected chi connectivity index (χ3v) is 4.03. The van der Waals surface area contributed by atoms with Gasteiger partial charge in [0.05, 0.1) is 0 Å². The van der Waals surface area contributed by atoms with Gasteiger partial charge in [-0.1, -0.05) is 47.5 Å². The molecule has 2 aromatic rings. The molecule has 0 bridgehead atoms. The molecule has 2 aromatic carbocycles. The zero-order valence-electron chi connectivity index (χ0n) is 13.0. The van der Waals surface area contributed by atoms with Gasteiger partial charge in [0.2, 0.25) is 0 Å². The van der Waals surface area contributed by atoms with Gasteiger partial charge in [0.25, 0.3) is 0 Å². The molecule has 20 heavy (non-hydrogen) atoms. The molecule has 0 spiro atoms. The molecule has 0 aliphatic rings. The van der Waals surface area contributed by atoms with Gasteiger partial charge in [-0.3, -0.25) is 0 Å². The van der Waals surface area contributed by atoms with Crippen LogP contribution in [-0.2, 0) is 6.42 Å². The molecule has 0 saturated carbocycles. The summed E-state index contributed by atoms with van der Waals surface area (Å²) < 4.78 is 0. The van der Waals surface area contributed by atoms with Crippen molar-refractivity contribution in [1.82, 2.24) is 0 Å². The third kappa shape index (κ3) is 3.29. The average Bonchev–Trinajstić information content (AvgIpc) is 2.38. The smallest absolute Gasteiger partial charge is 0.000681 e. The minimum absolute atomic E-state index is 0.401. The monoisotopic (exact) mass is 267 g/mol. The van der Waals surface area contributed by atoms with Crippen molar-refractivity contribution in [3.63, 3.8) is 0 Å². The van der Waals surface area contributed by atoms with Crippen LogP contribution in [-0.4, -0.2) is 6.54 Å². The Morgan fingerprint density at radius 3 is 1.90 bits per heavy atom. The van der Waals surface area contributed by atoms with Crippen LogP contribution in [0.25, 0.3) is 0 Å². The van der Waals surface area contributed by atoms with Gasteiger partial charge >= 0.3 is 0 Å². The molecule has 1 heteroatoms. The van der Waals surface area contributed by atoms with Crippen LogP contribution >= 0.6 is 0 Å². The van der Waals surface area contributed by atoms with Gasteiger partial charge in [-0.15, -0.1) is 0 Å². The van der Waals surface area contributed by atoms with E-state index in [2.05, 4.69) is 64.1 Å². The third-order valence-electron chi connectivity index (χ3n) is 4.03. The van der Waals surface area contributed by atoms with E-state index >= 15 is 0 Å². The van der Waals surface area contributed by atoms with Crippen molar-refractivity contribution in [2.75, 3.05) is 6.54 Å². The van der Waals surface area contributed by atoms with E-state index in [4.69, 9.17) is 5.73 Å². The van der Waals surface area contributed by atoms with Crippen molar-refractivity contribution in [3.8, 4) is 0 Å². The summed E-state index contributed by atoms with van der Waals surface area (Å²) in [6, 6.07) is 13.3. The largest absolute Gasteiger partial charge is 0.330 e. The van der Waals surface area contributed by atoms with Gasteiger partial charge in [-0.2, -0.15) is 0 Å². The molecule has 0 aliphatic carbocycles. The molecule has 2 rings (SSSR count). The highest BCUT2D eigenvalue weighted by atomic mass is 14.5. The lowest BCUT2D eigenvalue weighted by molar-refractivity contribution is 0.685. The molecular formula is C19H25N. The number of benzene rings is 2. The molecule has 0 saturated heterocycles. The van der Waals surface area contributed by atoms with E-state index in [0.717, 1.165) is 6.42 Å². The Kier molecular flexibility index (Phi) is 4.61. The first-order chi connectivity index (χ1) is 9.51. The minimum Gasteiger partial charge on any atom is -0.330 e. The molecular weight excluding hydrogens is 242 g/mol. The molecule has 0 fully saturated rings. The number of rotatable bonds is 4. The second-order valence-electron chi connectivity index (χ2n) is 5.93. The zero-order valence-corrected chi connectivity index (χ0v) is 13.0. The molecule has 1 nitrogen and oxygen atoms in total. The van der Waals surface area contributed by atoms with Crippen LogP contribution in [0.3, 0.4) is 0 Å². The van der Waals surface area contributed by atoms with Crippen LogP contribution in [0, 0.1) is 27.7 Å². The maximum atomic E-state index is 6.06. The fourth-order valence-electron chi connectivity index (χ4n) is 3.15. The molecule has 1 unspecified atom stereocenters. The predicted octanol–water partition coefficient (Wildman–Crippen LogP) is 4.21. The Bertz CT molecular complexity index is 558. The predicted molar refractivity (Wildman–Crippen MR) is 87.3 cm³/mol. The van der Waals surface area contributed by atoms with E-state index in [1.807, 2.05) is 0 Å². The van der Waals surface area contributed by atoms with Gasteiger partial charge in [-0.25, -0.2) is 0 Å². The van der Waals surface area contributed by atoms with Gasteiger partial charge in [0, 0.05) is 5.92 Å². The molecule has 0 amide bonds. The van der Waals surface area contributed by atoms with E-state index in [0.29, 0.717) is 12.5 Å². The summed E-state index contributed by atoms with van der Waals surface area (Å²) in [5, 5.41) is 0. The highest BCUT2D eigenvalue weighted by Crippen LogP contribution is 2.27. The molecule has 0 heterocycles. The van der Waals surface area contributed by atoms with Gasteiger partial charge in [0.1, 0.15) is 0 Å². The van der Waals surface area contributed by atoms with Gasteiger partial charge < -0.3 is 5.73 Å². The molecule has 0 radical (unpaired) electrons. The van der Waals surface area contributed by atoms with E-state index in [-0.39, 0.29) is 0 Å². The number of hydrogen-bond acceptors (Lipinski definition) is 1. The Labute approximate surface area is 122 Å². The van der Waals surface area contributed by atoms with E-state index < -0.39 is 0 Å². The Hall–Kier alpha value is -1.60. The summed E-state index contributed by atoms with van der Waals surface area (Å²) in [6.45, 7) is 9.37. The molecule has 106 valence electrons. The van der Waals surface area contributed by atoms with Crippen LogP contribution < -0.4 is 5.73 Å². The molecule has 0 aromatic heterocycles. The van der Waals surface area contributed by atoms with Crippen molar-refractivity contribution in [3.05, 3.63) is 69.8 Å². The lowest BCUT2D eigenvalue weighted by Crippen LogP contribution is -2.17. The number of aryl methyl sites for hydroxylation is 4. The summed E-state index contributed by atoms with van der Waals surface area (Å²) >= 11 is 0. The maximum Gasteiger partial charge on any atom is 0.000681 e. The van der Waals surface area contributed by atoms with Crippen LogP contribution in [0.2, 0.25) is 0 Å². The first-order valence-electron chi connectivity index (χ1n) is 7.34. The van der Waals surface area contributed by atoms with E-state index in [9.17, 15) is 0 Å². The van der Waals surface area contributed by atoms with Crippen molar-refractivity contribution >= 4 is 0 Å². The first-order valence-corrected chi connectivity index (χ1v) is 7.34. The summed E-state index contributed by atoms with van der Waals surface area (Å²) in [5.74, 6) is 0.401. The Morgan fingerprint density at radius 2 is 1.40 bits per heavy atom. The fourth-order valence-corrected chi connectivity index (χ4v) is 3.15. The highest BCUT2D eigenvalue weighted by molar-refractivity contribution is 5.41. The lowest BCUT2D eigenvalue weighted by atomic mass is 9.85. The molecule has 0 aliphatic heterocycles. The van der Waals surface area contributed by atoms with Crippen molar-refractivity contribution in [2.24, 2.45) is 5.73 Å². The lowest BCUT2D eigenvalue weighted by Gasteiger charge is -2.21. The summed E-state index contributed by atoms with van der Waals surface area (Å²) in [7, 11) is 0. The summed E-state index contributed by atoms with van der Waals surface area (Å²) in [4.78, 5) is 0. The van der Waals surface area contributed by atoms with Crippen LogP contribution in [0.15, 0.2) is 36.4 Å². The quantitative estimate of drug-likeness (QED) is 0.882. The Balaban J connectivity index is 2.31. The topological polar surface area (TPSA) is 26.0 Å². The van der Waals surface area contributed by atoms with E-state index in [1.165, 1.54) is 33.4 Å². The van der Waals surface area contributed by atoms with Crippen LogP contribution in [0.5, 0.6) is 0 Å². The van der Waals surface area contributed by atoms with Crippen LogP contribution in [0.1, 0.15) is 39.3 Å². The zero-order chi connectivity index (χ0) is 14.7. The van der Waals surface area contributed by atoms with Crippen LogP contribution in [0.4, 0.5) is 0 Å². The average molecular weight is 267 g/mol. The minimum atomic E-state index is 0.401. The molecule has 1 atom stereocenters. The summed E-state index contributed by atoms with van der Waals surface area (Å²) in [5.41, 5.74) is 14.2. The second kappa shape index (κ2) is 6.23. The summed E-state index contributed by atoms with van der Waals surface area (Å²) in [6.07, 6.45) is 1.02. The normalized spacial score (nSPS) is 12.4. The molecule has 2 N–H and O–H groups in total.